The van der Waals surface area contributed by atoms with Gasteiger partial charge in [0.15, 0.2) is 0 Å². The Kier molecular flexibility index (Phi) is 3.79. The summed E-state index contributed by atoms with van der Waals surface area (Å²) >= 11 is 0. The third-order valence-corrected chi connectivity index (χ3v) is 3.63. The predicted molar refractivity (Wildman–Crippen MR) is 66.3 cm³/mol. The van der Waals surface area contributed by atoms with Crippen molar-refractivity contribution in [1.29, 1.82) is 0 Å². The van der Waals surface area contributed by atoms with Crippen LogP contribution in [0.5, 0.6) is 0 Å². The second-order valence-corrected chi connectivity index (χ2v) is 5.10. The smallest absolute Gasteiger partial charge is 0.126 e. The molecule has 0 aliphatic heterocycles. The van der Waals surface area contributed by atoms with Crippen molar-refractivity contribution in [3.63, 3.8) is 0 Å². The number of hydrogen-bond acceptors (Lipinski definition) is 2. The first kappa shape index (κ1) is 12.5. The lowest BCUT2D eigenvalue weighted by molar-refractivity contribution is 0.199. The van der Waals surface area contributed by atoms with Crippen molar-refractivity contribution in [3.8, 4) is 0 Å². The van der Waals surface area contributed by atoms with Crippen LogP contribution in [0, 0.1) is 11.7 Å². The van der Waals surface area contributed by atoms with Gasteiger partial charge in [-0.25, -0.2) is 4.39 Å². The van der Waals surface area contributed by atoms with E-state index in [1.807, 2.05) is 6.07 Å². The molecule has 2 atom stereocenters. The Hall–Kier alpha value is -0.930. The van der Waals surface area contributed by atoms with E-state index in [0.717, 1.165) is 24.0 Å². The van der Waals surface area contributed by atoms with E-state index in [1.165, 1.54) is 6.07 Å². The highest BCUT2D eigenvalue weighted by molar-refractivity contribution is 5.35. The summed E-state index contributed by atoms with van der Waals surface area (Å²) in [5, 5.41) is 12.8. The van der Waals surface area contributed by atoms with Crippen molar-refractivity contribution >= 4 is 0 Å². The van der Waals surface area contributed by atoms with Crippen LogP contribution >= 0.6 is 0 Å². The van der Waals surface area contributed by atoms with E-state index < -0.39 is 0 Å². The van der Waals surface area contributed by atoms with Gasteiger partial charge in [0, 0.05) is 12.1 Å². The Morgan fingerprint density at radius 3 is 2.88 bits per heavy atom. The molecule has 0 saturated carbocycles. The maximum Gasteiger partial charge on any atom is 0.126 e. The zero-order valence-corrected chi connectivity index (χ0v) is 10.4. The van der Waals surface area contributed by atoms with Crippen LogP contribution in [0.15, 0.2) is 18.2 Å². The molecule has 2 nitrogen and oxygen atoms in total. The summed E-state index contributed by atoms with van der Waals surface area (Å²) in [5.41, 5.74) is 1.90. The van der Waals surface area contributed by atoms with Gasteiger partial charge in [0.2, 0.25) is 0 Å². The van der Waals surface area contributed by atoms with Crippen molar-refractivity contribution < 1.29 is 9.50 Å². The van der Waals surface area contributed by atoms with Crippen molar-refractivity contribution in [2.24, 2.45) is 5.92 Å². The highest BCUT2D eigenvalue weighted by Gasteiger charge is 2.27. The number of benzene rings is 1. The van der Waals surface area contributed by atoms with E-state index in [2.05, 4.69) is 19.2 Å². The molecule has 3 heteroatoms. The molecule has 2 rings (SSSR count). The molecule has 1 aliphatic rings. The standard InChI is InChI=1S/C14H20FNO/c1-9(2)14(8-17)16-13-7-6-10-11(13)4-3-5-12(10)15/h3-5,9,13-14,16-17H,6-8H2,1-2H3/t13?,14-/m1/s1. The Morgan fingerprint density at radius 1 is 1.47 bits per heavy atom. The molecule has 2 N–H and O–H groups in total. The van der Waals surface area contributed by atoms with Gasteiger partial charge in [-0.2, -0.15) is 0 Å². The summed E-state index contributed by atoms with van der Waals surface area (Å²) in [5.74, 6) is 0.273. The lowest BCUT2D eigenvalue weighted by atomic mass is 10.0. The second kappa shape index (κ2) is 5.15. The van der Waals surface area contributed by atoms with Gasteiger partial charge in [-0.1, -0.05) is 26.0 Å². The number of halogens is 1. The molecule has 0 saturated heterocycles. The maximum atomic E-state index is 13.6. The van der Waals surface area contributed by atoms with E-state index in [4.69, 9.17) is 0 Å². The van der Waals surface area contributed by atoms with Crippen LogP contribution in [0.25, 0.3) is 0 Å². The van der Waals surface area contributed by atoms with Crippen LogP contribution < -0.4 is 5.32 Å². The number of fused-ring (bicyclic) bond motifs is 1. The van der Waals surface area contributed by atoms with E-state index >= 15 is 0 Å². The van der Waals surface area contributed by atoms with Crippen LogP contribution in [-0.4, -0.2) is 17.8 Å². The first-order chi connectivity index (χ1) is 8.13. The molecule has 1 aromatic carbocycles. The summed E-state index contributed by atoms with van der Waals surface area (Å²) < 4.78 is 13.6. The highest BCUT2D eigenvalue weighted by Crippen LogP contribution is 2.33. The van der Waals surface area contributed by atoms with E-state index in [0.29, 0.717) is 5.92 Å². The molecule has 0 aromatic heterocycles. The van der Waals surface area contributed by atoms with Crippen molar-refractivity contribution in [2.45, 2.75) is 38.8 Å². The Bertz CT molecular complexity index is 392. The molecule has 0 bridgehead atoms. The van der Waals surface area contributed by atoms with Gasteiger partial charge < -0.3 is 10.4 Å². The first-order valence-corrected chi connectivity index (χ1v) is 6.27. The second-order valence-electron chi connectivity index (χ2n) is 5.10. The molecule has 1 aromatic rings. The minimum Gasteiger partial charge on any atom is -0.395 e. The third kappa shape index (κ3) is 2.50. The fourth-order valence-corrected chi connectivity index (χ4v) is 2.50. The summed E-state index contributed by atoms with van der Waals surface area (Å²) in [7, 11) is 0. The van der Waals surface area contributed by atoms with Crippen LogP contribution in [0.4, 0.5) is 4.39 Å². The third-order valence-electron chi connectivity index (χ3n) is 3.63. The number of aliphatic hydroxyl groups is 1. The summed E-state index contributed by atoms with van der Waals surface area (Å²) in [6, 6.07) is 5.53. The van der Waals surface area contributed by atoms with Gasteiger partial charge >= 0.3 is 0 Å². The molecule has 94 valence electrons. The topological polar surface area (TPSA) is 32.3 Å². The molecular formula is C14H20FNO. The molecule has 0 spiro atoms. The van der Waals surface area contributed by atoms with Gasteiger partial charge in [0.25, 0.3) is 0 Å². The monoisotopic (exact) mass is 237 g/mol. The zero-order chi connectivity index (χ0) is 12.4. The molecule has 1 aliphatic carbocycles. The van der Waals surface area contributed by atoms with Gasteiger partial charge in [-0.15, -0.1) is 0 Å². The number of aliphatic hydroxyl groups excluding tert-OH is 1. The Balaban J connectivity index is 2.14. The molecule has 0 fully saturated rings. The fraction of sp³-hybridized carbons (Fsp3) is 0.571. The summed E-state index contributed by atoms with van der Waals surface area (Å²) in [6.45, 7) is 4.28. The number of rotatable bonds is 4. The summed E-state index contributed by atoms with van der Waals surface area (Å²) in [6.07, 6.45) is 1.70. The minimum absolute atomic E-state index is 0.0780. The van der Waals surface area contributed by atoms with E-state index in [-0.39, 0.29) is 24.5 Å². The molecule has 0 radical (unpaired) electrons. The maximum absolute atomic E-state index is 13.6. The van der Waals surface area contributed by atoms with E-state index in [9.17, 15) is 9.50 Å². The zero-order valence-electron chi connectivity index (χ0n) is 10.4. The average molecular weight is 237 g/mol. The first-order valence-electron chi connectivity index (χ1n) is 6.27. The molecule has 0 amide bonds. The van der Waals surface area contributed by atoms with Crippen LogP contribution in [-0.2, 0) is 6.42 Å². The van der Waals surface area contributed by atoms with Crippen LogP contribution in [0.3, 0.4) is 0 Å². The number of nitrogens with one attached hydrogen (secondary N) is 1. The summed E-state index contributed by atoms with van der Waals surface area (Å²) in [4.78, 5) is 0. The van der Waals surface area contributed by atoms with Gasteiger partial charge in [-0.05, 0) is 36.0 Å². The quantitative estimate of drug-likeness (QED) is 0.843. The largest absolute Gasteiger partial charge is 0.395 e. The SMILES string of the molecule is CC(C)[C@@H](CO)NC1CCc2c(F)cccc21. The van der Waals surface area contributed by atoms with Crippen molar-refractivity contribution in [3.05, 3.63) is 35.1 Å². The Morgan fingerprint density at radius 2 is 2.24 bits per heavy atom. The predicted octanol–water partition coefficient (Wildman–Crippen LogP) is 2.42. The van der Waals surface area contributed by atoms with Gasteiger partial charge in [0.05, 0.1) is 6.61 Å². The van der Waals surface area contributed by atoms with Gasteiger partial charge in [-0.3, -0.25) is 0 Å². The molecule has 0 heterocycles. The number of hydrogen-bond donors (Lipinski definition) is 2. The van der Waals surface area contributed by atoms with Crippen LogP contribution in [0.1, 0.15) is 37.4 Å². The molecule has 1 unspecified atom stereocenters. The Labute approximate surface area is 102 Å². The van der Waals surface area contributed by atoms with Crippen molar-refractivity contribution in [1.82, 2.24) is 5.32 Å². The van der Waals surface area contributed by atoms with Crippen LogP contribution in [0.2, 0.25) is 0 Å². The normalized spacial score (nSPS) is 20.6. The lowest BCUT2D eigenvalue weighted by Gasteiger charge is -2.25. The lowest BCUT2D eigenvalue weighted by Crippen LogP contribution is -2.38. The minimum atomic E-state index is -0.100. The highest BCUT2D eigenvalue weighted by atomic mass is 19.1. The van der Waals surface area contributed by atoms with Crippen molar-refractivity contribution in [2.75, 3.05) is 6.61 Å². The van der Waals surface area contributed by atoms with E-state index in [1.54, 1.807) is 6.07 Å². The molecular weight excluding hydrogens is 217 g/mol. The molecule has 17 heavy (non-hydrogen) atoms. The van der Waals surface area contributed by atoms with Gasteiger partial charge in [0.1, 0.15) is 5.82 Å². The fourth-order valence-electron chi connectivity index (χ4n) is 2.50. The average Bonchev–Trinajstić information content (AvgIpc) is 2.70.